The van der Waals surface area contributed by atoms with Crippen molar-refractivity contribution in [3.8, 4) is 5.88 Å². The van der Waals surface area contributed by atoms with Gasteiger partial charge in [0.1, 0.15) is 0 Å². The van der Waals surface area contributed by atoms with Crippen molar-refractivity contribution in [2.75, 3.05) is 0 Å². The Balaban J connectivity index is 2.95. The van der Waals surface area contributed by atoms with Gasteiger partial charge in [0.05, 0.1) is 5.56 Å². The minimum atomic E-state index is -2.96. The number of alkyl halides is 2. The molecule has 0 aliphatic carbocycles. The minimum absolute atomic E-state index is 0.0656. The summed E-state index contributed by atoms with van der Waals surface area (Å²) >= 11 is 0. The number of halogens is 2. The molecule has 76 valence electrons. The lowest BCUT2D eigenvalue weighted by molar-refractivity contribution is -0.0533. The van der Waals surface area contributed by atoms with Crippen LogP contribution in [0.25, 0.3) is 0 Å². The molecule has 6 heteroatoms. The standard InChI is InChI=1S/C8H7F2NO3/c1-4-2-5(7(12)13)3-11-6(4)14-8(9)10/h2-3,8H,1H3,(H,12,13). The number of carboxylic acid groups (broad SMARTS) is 1. The summed E-state index contributed by atoms with van der Waals surface area (Å²) < 4.78 is 27.6. The molecule has 14 heavy (non-hydrogen) atoms. The van der Waals surface area contributed by atoms with E-state index < -0.39 is 12.6 Å². The third kappa shape index (κ3) is 2.38. The monoisotopic (exact) mass is 203 g/mol. The van der Waals surface area contributed by atoms with Crippen molar-refractivity contribution in [1.82, 2.24) is 4.98 Å². The summed E-state index contributed by atoms with van der Waals surface area (Å²) in [4.78, 5) is 13.9. The highest BCUT2D eigenvalue weighted by Gasteiger charge is 2.11. The Bertz CT molecular complexity index is 354. The zero-order valence-electron chi connectivity index (χ0n) is 7.20. The average molecular weight is 203 g/mol. The van der Waals surface area contributed by atoms with Gasteiger partial charge in [-0.2, -0.15) is 8.78 Å². The maximum absolute atomic E-state index is 11.8. The third-order valence-corrected chi connectivity index (χ3v) is 1.48. The molecule has 0 radical (unpaired) electrons. The molecule has 1 heterocycles. The van der Waals surface area contributed by atoms with Crippen LogP contribution in [0.2, 0.25) is 0 Å². The van der Waals surface area contributed by atoms with Crippen molar-refractivity contribution in [3.05, 3.63) is 23.4 Å². The van der Waals surface area contributed by atoms with E-state index in [2.05, 4.69) is 9.72 Å². The zero-order valence-corrected chi connectivity index (χ0v) is 7.20. The molecule has 0 aliphatic rings. The number of hydrogen-bond acceptors (Lipinski definition) is 3. The van der Waals surface area contributed by atoms with Crippen LogP contribution < -0.4 is 4.74 Å². The molecule has 0 aliphatic heterocycles. The number of carbonyl (C=O) groups is 1. The number of aryl methyl sites for hydroxylation is 1. The lowest BCUT2D eigenvalue weighted by atomic mass is 10.2. The quantitative estimate of drug-likeness (QED) is 0.811. The van der Waals surface area contributed by atoms with Crippen molar-refractivity contribution < 1.29 is 23.4 Å². The van der Waals surface area contributed by atoms with Crippen LogP contribution in [0, 0.1) is 6.92 Å². The van der Waals surface area contributed by atoms with Crippen LogP contribution in [0.1, 0.15) is 15.9 Å². The molecule has 1 aromatic rings. The smallest absolute Gasteiger partial charge is 0.388 e. The van der Waals surface area contributed by atoms with Crippen LogP contribution >= 0.6 is 0 Å². The average Bonchev–Trinajstić information content (AvgIpc) is 2.07. The van der Waals surface area contributed by atoms with Crippen molar-refractivity contribution in [3.63, 3.8) is 0 Å². The van der Waals surface area contributed by atoms with E-state index in [0.29, 0.717) is 0 Å². The normalized spacial score (nSPS) is 10.3. The molecule has 0 saturated heterocycles. The number of aromatic carboxylic acids is 1. The van der Waals surface area contributed by atoms with Crippen LogP contribution in [0.3, 0.4) is 0 Å². The van der Waals surface area contributed by atoms with Gasteiger partial charge in [0.25, 0.3) is 0 Å². The topological polar surface area (TPSA) is 59.4 Å². The highest BCUT2D eigenvalue weighted by atomic mass is 19.3. The van der Waals surface area contributed by atoms with Gasteiger partial charge in [-0.25, -0.2) is 9.78 Å². The number of rotatable bonds is 3. The second kappa shape index (κ2) is 3.99. The first-order valence-electron chi connectivity index (χ1n) is 3.65. The second-order valence-electron chi connectivity index (χ2n) is 2.53. The van der Waals surface area contributed by atoms with Gasteiger partial charge >= 0.3 is 12.6 Å². The lowest BCUT2D eigenvalue weighted by Crippen LogP contribution is -2.06. The summed E-state index contributed by atoms with van der Waals surface area (Å²) in [7, 11) is 0. The maximum atomic E-state index is 11.8. The SMILES string of the molecule is Cc1cc(C(=O)O)cnc1OC(F)F. The van der Waals surface area contributed by atoms with Gasteiger partial charge in [-0.15, -0.1) is 0 Å². The van der Waals surface area contributed by atoms with Crippen LogP contribution in [0.15, 0.2) is 12.3 Å². The van der Waals surface area contributed by atoms with Crippen LogP contribution in [0.4, 0.5) is 8.78 Å². The molecule has 0 fully saturated rings. The van der Waals surface area contributed by atoms with Crippen molar-refractivity contribution in [2.45, 2.75) is 13.5 Å². The number of carboxylic acids is 1. The van der Waals surface area contributed by atoms with Gasteiger partial charge in [0.15, 0.2) is 0 Å². The molecule has 0 bridgehead atoms. The molecular weight excluding hydrogens is 196 g/mol. The van der Waals surface area contributed by atoms with Gasteiger partial charge < -0.3 is 9.84 Å². The first kappa shape index (κ1) is 10.4. The van der Waals surface area contributed by atoms with E-state index in [1.165, 1.54) is 13.0 Å². The Morgan fingerprint density at radius 3 is 2.71 bits per heavy atom. The van der Waals surface area contributed by atoms with E-state index in [-0.39, 0.29) is 17.0 Å². The van der Waals surface area contributed by atoms with Crippen LogP contribution in [0.5, 0.6) is 5.88 Å². The van der Waals surface area contributed by atoms with E-state index in [4.69, 9.17) is 5.11 Å². The maximum Gasteiger partial charge on any atom is 0.388 e. The summed E-state index contributed by atoms with van der Waals surface area (Å²) in [5, 5.41) is 8.55. The summed E-state index contributed by atoms with van der Waals surface area (Å²) in [5.74, 6) is -1.42. The highest BCUT2D eigenvalue weighted by Crippen LogP contribution is 2.17. The molecule has 0 unspecified atom stereocenters. The molecule has 0 atom stereocenters. The minimum Gasteiger partial charge on any atom is -0.478 e. The number of nitrogens with zero attached hydrogens (tertiary/aromatic N) is 1. The largest absolute Gasteiger partial charge is 0.478 e. The van der Waals surface area contributed by atoms with Crippen molar-refractivity contribution in [1.29, 1.82) is 0 Å². The van der Waals surface area contributed by atoms with E-state index in [1.807, 2.05) is 0 Å². The number of hydrogen-bond donors (Lipinski definition) is 1. The highest BCUT2D eigenvalue weighted by molar-refractivity contribution is 5.87. The van der Waals surface area contributed by atoms with Gasteiger partial charge in [-0.1, -0.05) is 0 Å². The zero-order chi connectivity index (χ0) is 10.7. The first-order chi connectivity index (χ1) is 6.50. The Labute approximate surface area is 78.1 Å². The fraction of sp³-hybridized carbons (Fsp3) is 0.250. The number of ether oxygens (including phenoxy) is 1. The second-order valence-corrected chi connectivity index (χ2v) is 2.53. The van der Waals surface area contributed by atoms with E-state index in [9.17, 15) is 13.6 Å². The molecule has 4 nitrogen and oxygen atoms in total. The molecule has 0 amide bonds. The third-order valence-electron chi connectivity index (χ3n) is 1.48. The molecule has 0 spiro atoms. The van der Waals surface area contributed by atoms with E-state index >= 15 is 0 Å². The Kier molecular flexibility index (Phi) is 2.95. The number of pyridine rings is 1. The lowest BCUT2D eigenvalue weighted by Gasteiger charge is -2.06. The Hall–Kier alpha value is -1.72. The van der Waals surface area contributed by atoms with Gasteiger partial charge in [0, 0.05) is 11.8 Å². The fourth-order valence-electron chi connectivity index (χ4n) is 0.887. The van der Waals surface area contributed by atoms with Crippen molar-refractivity contribution in [2.24, 2.45) is 0 Å². The molecule has 0 saturated carbocycles. The van der Waals surface area contributed by atoms with E-state index in [1.54, 1.807) is 0 Å². The molecule has 1 rings (SSSR count). The summed E-state index contributed by atoms with van der Waals surface area (Å²) in [6, 6.07) is 1.22. The van der Waals surface area contributed by atoms with Crippen LogP contribution in [-0.2, 0) is 0 Å². The van der Waals surface area contributed by atoms with Gasteiger partial charge in [0.2, 0.25) is 5.88 Å². The van der Waals surface area contributed by atoms with Gasteiger partial charge in [-0.3, -0.25) is 0 Å². The molecule has 0 aromatic carbocycles. The molecule has 1 N–H and O–H groups in total. The van der Waals surface area contributed by atoms with Gasteiger partial charge in [-0.05, 0) is 13.0 Å². The van der Waals surface area contributed by atoms with Crippen molar-refractivity contribution >= 4 is 5.97 Å². The predicted octanol–water partition coefficient (Wildman–Crippen LogP) is 1.69. The Morgan fingerprint density at radius 2 is 2.29 bits per heavy atom. The van der Waals surface area contributed by atoms with E-state index in [0.717, 1.165) is 6.20 Å². The summed E-state index contributed by atoms with van der Waals surface area (Å²) in [5.41, 5.74) is 0.189. The Morgan fingerprint density at radius 1 is 1.64 bits per heavy atom. The predicted molar refractivity (Wildman–Crippen MR) is 42.6 cm³/mol. The molecule has 1 aromatic heterocycles. The number of aromatic nitrogens is 1. The van der Waals surface area contributed by atoms with Crippen LogP contribution in [-0.4, -0.2) is 22.7 Å². The summed E-state index contributed by atoms with van der Waals surface area (Å²) in [6.45, 7) is -1.52. The summed E-state index contributed by atoms with van der Waals surface area (Å²) in [6.07, 6.45) is 0.965. The fourth-order valence-corrected chi connectivity index (χ4v) is 0.887. The first-order valence-corrected chi connectivity index (χ1v) is 3.65. The molecular formula is C8H7F2NO3.